The number of aliphatic hydroxyl groups is 1. The number of halogens is 1. The Bertz CT molecular complexity index is 363. The fourth-order valence-electron chi connectivity index (χ4n) is 2.18. The van der Waals surface area contributed by atoms with Crippen molar-refractivity contribution >= 4 is 5.69 Å². The number of anilines is 1. The van der Waals surface area contributed by atoms with Crippen LogP contribution < -0.4 is 5.32 Å². The molecule has 0 saturated heterocycles. The molecule has 1 aromatic carbocycles. The van der Waals surface area contributed by atoms with Gasteiger partial charge in [0.2, 0.25) is 0 Å². The van der Waals surface area contributed by atoms with Crippen molar-refractivity contribution in [1.82, 2.24) is 0 Å². The molecular formula is C15H24FNO. The minimum Gasteiger partial charge on any atom is -0.394 e. The van der Waals surface area contributed by atoms with Crippen LogP contribution in [0.2, 0.25) is 0 Å². The molecule has 0 saturated carbocycles. The Morgan fingerprint density at radius 2 is 2.11 bits per heavy atom. The highest BCUT2D eigenvalue weighted by atomic mass is 19.1. The quantitative estimate of drug-likeness (QED) is 0.774. The average molecular weight is 253 g/mol. The Labute approximate surface area is 109 Å². The first-order chi connectivity index (χ1) is 8.55. The van der Waals surface area contributed by atoms with Crippen molar-refractivity contribution in [3.05, 3.63) is 30.1 Å². The van der Waals surface area contributed by atoms with Gasteiger partial charge in [0.1, 0.15) is 5.82 Å². The van der Waals surface area contributed by atoms with Gasteiger partial charge in [0.25, 0.3) is 0 Å². The van der Waals surface area contributed by atoms with Crippen LogP contribution in [0.25, 0.3) is 0 Å². The summed E-state index contributed by atoms with van der Waals surface area (Å²) in [5, 5.41) is 13.0. The van der Waals surface area contributed by atoms with Crippen molar-refractivity contribution in [2.75, 3.05) is 11.9 Å². The standard InChI is InChI=1S/C15H24FNO/c1-4-12(3)10-15(5-2,11-18)17-14-8-6-7-13(16)9-14/h6-9,12,17-18H,4-5,10-11H2,1-3H3. The summed E-state index contributed by atoms with van der Waals surface area (Å²) in [6, 6.07) is 6.40. The van der Waals surface area contributed by atoms with Crippen molar-refractivity contribution in [2.45, 2.75) is 45.6 Å². The third-order valence-corrected chi connectivity index (χ3v) is 3.65. The SMILES string of the molecule is CCC(C)CC(CC)(CO)Nc1cccc(F)c1. The monoisotopic (exact) mass is 253 g/mol. The van der Waals surface area contributed by atoms with Crippen LogP contribution in [0.15, 0.2) is 24.3 Å². The number of aliphatic hydroxyl groups excluding tert-OH is 1. The summed E-state index contributed by atoms with van der Waals surface area (Å²) in [7, 11) is 0. The zero-order valence-corrected chi connectivity index (χ0v) is 11.5. The second-order valence-electron chi connectivity index (χ2n) is 5.14. The largest absolute Gasteiger partial charge is 0.394 e. The lowest BCUT2D eigenvalue weighted by atomic mass is 9.85. The van der Waals surface area contributed by atoms with E-state index >= 15 is 0 Å². The zero-order valence-electron chi connectivity index (χ0n) is 11.5. The van der Waals surface area contributed by atoms with Crippen LogP contribution in [-0.2, 0) is 0 Å². The molecule has 0 spiro atoms. The van der Waals surface area contributed by atoms with Gasteiger partial charge < -0.3 is 10.4 Å². The third kappa shape index (κ3) is 3.98. The Hall–Kier alpha value is -1.09. The Balaban J connectivity index is 2.84. The van der Waals surface area contributed by atoms with E-state index in [2.05, 4.69) is 19.2 Å². The molecule has 0 aliphatic heterocycles. The number of rotatable bonds is 7. The van der Waals surface area contributed by atoms with E-state index in [0.29, 0.717) is 5.92 Å². The van der Waals surface area contributed by atoms with Crippen molar-refractivity contribution in [3.8, 4) is 0 Å². The molecule has 0 radical (unpaired) electrons. The summed E-state index contributed by atoms with van der Waals surface area (Å²) in [5.74, 6) is 0.268. The molecule has 0 amide bonds. The van der Waals surface area contributed by atoms with E-state index < -0.39 is 0 Å². The Morgan fingerprint density at radius 3 is 2.61 bits per heavy atom. The van der Waals surface area contributed by atoms with E-state index in [1.54, 1.807) is 6.07 Å². The summed E-state index contributed by atoms with van der Waals surface area (Å²) in [6.07, 6.45) is 2.77. The first-order valence-electron chi connectivity index (χ1n) is 6.70. The molecule has 0 heterocycles. The third-order valence-electron chi connectivity index (χ3n) is 3.65. The molecule has 2 N–H and O–H groups in total. The average Bonchev–Trinajstić information content (AvgIpc) is 2.37. The van der Waals surface area contributed by atoms with Gasteiger partial charge >= 0.3 is 0 Å². The lowest BCUT2D eigenvalue weighted by molar-refractivity contribution is 0.181. The highest BCUT2D eigenvalue weighted by Gasteiger charge is 2.28. The fourth-order valence-corrected chi connectivity index (χ4v) is 2.18. The van der Waals surface area contributed by atoms with Gasteiger partial charge in [-0.3, -0.25) is 0 Å². The van der Waals surface area contributed by atoms with Gasteiger partial charge in [-0.15, -0.1) is 0 Å². The molecule has 3 heteroatoms. The number of nitrogens with one attached hydrogen (secondary N) is 1. The van der Waals surface area contributed by atoms with Crippen LogP contribution >= 0.6 is 0 Å². The van der Waals surface area contributed by atoms with Gasteiger partial charge in [-0.2, -0.15) is 0 Å². The van der Waals surface area contributed by atoms with E-state index in [9.17, 15) is 9.50 Å². The lowest BCUT2D eigenvalue weighted by Crippen LogP contribution is -2.43. The first-order valence-corrected chi connectivity index (χ1v) is 6.70. The van der Waals surface area contributed by atoms with E-state index in [1.165, 1.54) is 12.1 Å². The number of hydrogen-bond donors (Lipinski definition) is 2. The van der Waals surface area contributed by atoms with Gasteiger partial charge in [-0.1, -0.05) is 33.3 Å². The fraction of sp³-hybridized carbons (Fsp3) is 0.600. The van der Waals surface area contributed by atoms with Gasteiger partial charge in [0.15, 0.2) is 0 Å². The molecule has 0 bridgehead atoms. The molecular weight excluding hydrogens is 229 g/mol. The summed E-state index contributed by atoms with van der Waals surface area (Å²) in [6.45, 7) is 6.42. The Morgan fingerprint density at radius 1 is 1.39 bits per heavy atom. The Kier molecular flexibility index (Phi) is 5.60. The van der Waals surface area contributed by atoms with Crippen LogP contribution in [0.3, 0.4) is 0 Å². The van der Waals surface area contributed by atoms with Crippen molar-refractivity contribution in [2.24, 2.45) is 5.92 Å². The van der Waals surface area contributed by atoms with E-state index in [1.807, 2.05) is 13.0 Å². The topological polar surface area (TPSA) is 32.3 Å². The molecule has 1 rings (SSSR count). The predicted octanol–water partition coefficient (Wildman–Crippen LogP) is 3.81. The molecule has 102 valence electrons. The van der Waals surface area contributed by atoms with Gasteiger partial charge in [-0.05, 0) is 37.0 Å². The minimum absolute atomic E-state index is 0.0599. The summed E-state index contributed by atoms with van der Waals surface area (Å²) in [4.78, 5) is 0. The molecule has 0 fully saturated rings. The van der Waals surface area contributed by atoms with Crippen LogP contribution in [-0.4, -0.2) is 17.3 Å². The maximum atomic E-state index is 13.2. The van der Waals surface area contributed by atoms with Crippen molar-refractivity contribution in [3.63, 3.8) is 0 Å². The zero-order chi connectivity index (χ0) is 13.6. The van der Waals surface area contributed by atoms with Gasteiger partial charge in [-0.25, -0.2) is 4.39 Å². The molecule has 2 nitrogen and oxygen atoms in total. The summed E-state index contributed by atoms with van der Waals surface area (Å²) >= 11 is 0. The molecule has 0 aliphatic carbocycles. The normalized spacial score (nSPS) is 16.1. The first kappa shape index (κ1) is 15.0. The van der Waals surface area contributed by atoms with E-state index in [4.69, 9.17) is 0 Å². The van der Waals surface area contributed by atoms with E-state index in [0.717, 1.165) is 24.9 Å². The van der Waals surface area contributed by atoms with Gasteiger partial charge in [0.05, 0.1) is 12.1 Å². The van der Waals surface area contributed by atoms with Crippen LogP contribution in [0.1, 0.15) is 40.0 Å². The lowest BCUT2D eigenvalue weighted by Gasteiger charge is -2.35. The van der Waals surface area contributed by atoms with Crippen LogP contribution in [0.4, 0.5) is 10.1 Å². The number of hydrogen-bond acceptors (Lipinski definition) is 2. The van der Waals surface area contributed by atoms with Crippen molar-refractivity contribution in [1.29, 1.82) is 0 Å². The maximum Gasteiger partial charge on any atom is 0.125 e. The van der Waals surface area contributed by atoms with Gasteiger partial charge in [0, 0.05) is 5.69 Å². The summed E-state index contributed by atoms with van der Waals surface area (Å²) in [5.41, 5.74) is 0.373. The maximum absolute atomic E-state index is 13.2. The highest BCUT2D eigenvalue weighted by Crippen LogP contribution is 2.27. The van der Waals surface area contributed by atoms with E-state index in [-0.39, 0.29) is 18.0 Å². The molecule has 2 unspecified atom stereocenters. The van der Waals surface area contributed by atoms with Crippen LogP contribution in [0, 0.1) is 11.7 Å². The second kappa shape index (κ2) is 6.74. The molecule has 0 aromatic heterocycles. The molecule has 2 atom stereocenters. The highest BCUT2D eigenvalue weighted by molar-refractivity contribution is 5.45. The molecule has 18 heavy (non-hydrogen) atoms. The molecule has 1 aromatic rings. The summed E-state index contributed by atoms with van der Waals surface area (Å²) < 4.78 is 13.2. The molecule has 0 aliphatic rings. The van der Waals surface area contributed by atoms with Crippen LogP contribution in [0.5, 0.6) is 0 Å². The second-order valence-corrected chi connectivity index (χ2v) is 5.14. The number of benzene rings is 1. The minimum atomic E-state index is -0.358. The smallest absolute Gasteiger partial charge is 0.125 e. The predicted molar refractivity (Wildman–Crippen MR) is 74.2 cm³/mol. The van der Waals surface area contributed by atoms with Crippen molar-refractivity contribution < 1.29 is 9.50 Å².